The number of carbonyl (C=O) groups is 2. The quantitative estimate of drug-likeness (QED) is 0.816. The van der Waals surface area contributed by atoms with Crippen molar-refractivity contribution in [3.05, 3.63) is 59.7 Å². The Morgan fingerprint density at radius 1 is 1.07 bits per heavy atom. The van der Waals surface area contributed by atoms with Crippen molar-refractivity contribution < 1.29 is 14.3 Å². The molecule has 142 valence electrons. The summed E-state index contributed by atoms with van der Waals surface area (Å²) in [5.74, 6) is 1.03. The molecule has 0 unspecified atom stereocenters. The zero-order chi connectivity index (χ0) is 19.4. The summed E-state index contributed by atoms with van der Waals surface area (Å²) in [5, 5.41) is 0. The molecular weight excluding hydrogens is 340 g/mol. The molecule has 1 aliphatic rings. The molecule has 0 aromatic heterocycles. The van der Waals surface area contributed by atoms with Gasteiger partial charge in [0.25, 0.3) is 0 Å². The summed E-state index contributed by atoms with van der Waals surface area (Å²) in [6, 6.07) is 15.6. The fourth-order valence-corrected chi connectivity index (χ4v) is 3.30. The maximum Gasteiger partial charge on any atom is 0.246 e. The zero-order valence-corrected chi connectivity index (χ0v) is 16.1. The number of ether oxygens (including phenoxy) is 1. The highest BCUT2D eigenvalue weighted by molar-refractivity contribution is 5.99. The molecule has 0 bridgehead atoms. The molecule has 1 aliphatic heterocycles. The van der Waals surface area contributed by atoms with Gasteiger partial charge in [0.1, 0.15) is 12.3 Å². The van der Waals surface area contributed by atoms with Crippen LogP contribution >= 0.6 is 0 Å². The third-order valence-corrected chi connectivity index (χ3v) is 4.95. The van der Waals surface area contributed by atoms with Crippen molar-refractivity contribution in [2.75, 3.05) is 31.6 Å². The van der Waals surface area contributed by atoms with Crippen molar-refractivity contribution in [2.24, 2.45) is 0 Å². The van der Waals surface area contributed by atoms with Crippen molar-refractivity contribution in [1.29, 1.82) is 0 Å². The third-order valence-electron chi connectivity index (χ3n) is 4.95. The van der Waals surface area contributed by atoms with Gasteiger partial charge in [-0.15, -0.1) is 0 Å². The Balaban J connectivity index is 1.63. The number of rotatable bonds is 5. The summed E-state index contributed by atoms with van der Waals surface area (Å²) in [6.07, 6.45) is 0.320. The summed E-state index contributed by atoms with van der Waals surface area (Å²) < 4.78 is 5.35. The van der Waals surface area contributed by atoms with Crippen molar-refractivity contribution in [3.8, 4) is 5.75 Å². The van der Waals surface area contributed by atoms with Crippen LogP contribution in [0.4, 0.5) is 5.69 Å². The monoisotopic (exact) mass is 366 g/mol. The predicted octanol–water partition coefficient (Wildman–Crippen LogP) is 3.24. The first-order chi connectivity index (χ1) is 13.0. The molecule has 27 heavy (non-hydrogen) atoms. The molecule has 1 fully saturated rings. The number of amides is 2. The Hall–Kier alpha value is -2.82. The highest BCUT2D eigenvalue weighted by Crippen LogP contribution is 2.29. The first kappa shape index (κ1) is 19.0. The lowest BCUT2D eigenvalue weighted by Gasteiger charge is -2.35. The van der Waals surface area contributed by atoms with Crippen molar-refractivity contribution in [1.82, 2.24) is 4.90 Å². The van der Waals surface area contributed by atoms with Crippen LogP contribution in [-0.2, 0) is 16.0 Å². The largest absolute Gasteiger partial charge is 0.495 e. The van der Waals surface area contributed by atoms with Gasteiger partial charge in [-0.2, -0.15) is 0 Å². The number of methoxy groups -OCH3 is 1. The lowest BCUT2D eigenvalue weighted by atomic mass is 10.0. The van der Waals surface area contributed by atoms with Gasteiger partial charge >= 0.3 is 0 Å². The molecule has 0 aliphatic carbocycles. The highest BCUT2D eigenvalue weighted by atomic mass is 16.5. The Kier molecular flexibility index (Phi) is 5.79. The maximum atomic E-state index is 12.6. The molecule has 5 heteroatoms. The first-order valence-electron chi connectivity index (χ1n) is 9.29. The number of hydrogen-bond donors (Lipinski definition) is 0. The molecule has 2 aromatic rings. The molecule has 5 nitrogen and oxygen atoms in total. The van der Waals surface area contributed by atoms with Gasteiger partial charge in [-0.1, -0.05) is 50.2 Å². The van der Waals surface area contributed by atoms with Crippen molar-refractivity contribution in [2.45, 2.75) is 26.2 Å². The van der Waals surface area contributed by atoms with Crippen LogP contribution in [0.3, 0.4) is 0 Å². The Morgan fingerprint density at radius 3 is 2.41 bits per heavy atom. The topological polar surface area (TPSA) is 49.9 Å². The van der Waals surface area contributed by atoms with E-state index >= 15 is 0 Å². The van der Waals surface area contributed by atoms with E-state index in [-0.39, 0.29) is 18.4 Å². The van der Waals surface area contributed by atoms with Crippen LogP contribution in [0.1, 0.15) is 30.9 Å². The summed E-state index contributed by atoms with van der Waals surface area (Å²) in [7, 11) is 1.59. The SMILES string of the molecule is COc1ccccc1N1CCN(C(=O)Cc2ccc(C(C)C)cc2)CC1=O. The van der Waals surface area contributed by atoms with Crippen molar-refractivity contribution in [3.63, 3.8) is 0 Å². The minimum atomic E-state index is -0.0887. The second kappa shape index (κ2) is 8.25. The molecule has 2 amide bonds. The van der Waals surface area contributed by atoms with Crippen LogP contribution in [-0.4, -0.2) is 43.5 Å². The second-order valence-corrected chi connectivity index (χ2v) is 7.11. The van der Waals surface area contributed by atoms with Crippen LogP contribution in [0.5, 0.6) is 5.75 Å². The van der Waals surface area contributed by atoms with Gasteiger partial charge in [-0.05, 0) is 29.2 Å². The molecule has 0 saturated carbocycles. The first-order valence-corrected chi connectivity index (χ1v) is 9.29. The number of benzene rings is 2. The lowest BCUT2D eigenvalue weighted by Crippen LogP contribution is -2.52. The number of hydrogen-bond acceptors (Lipinski definition) is 3. The molecule has 0 N–H and O–H groups in total. The van der Waals surface area contributed by atoms with Gasteiger partial charge in [0.2, 0.25) is 11.8 Å². The fourth-order valence-electron chi connectivity index (χ4n) is 3.30. The molecule has 1 heterocycles. The molecule has 3 rings (SSSR count). The van der Waals surface area contributed by atoms with E-state index in [1.54, 1.807) is 16.9 Å². The minimum Gasteiger partial charge on any atom is -0.495 e. The summed E-state index contributed by atoms with van der Waals surface area (Å²) in [6.45, 7) is 5.38. The van der Waals surface area contributed by atoms with Gasteiger partial charge in [0.05, 0.1) is 19.2 Å². The number of piperazine rings is 1. The van der Waals surface area contributed by atoms with E-state index in [1.165, 1.54) is 5.56 Å². The Morgan fingerprint density at radius 2 is 1.78 bits per heavy atom. The van der Waals surface area contributed by atoms with Gasteiger partial charge in [0.15, 0.2) is 0 Å². The van der Waals surface area contributed by atoms with E-state index in [0.717, 1.165) is 11.3 Å². The summed E-state index contributed by atoms with van der Waals surface area (Å²) in [5.41, 5.74) is 2.98. The fraction of sp³-hybridized carbons (Fsp3) is 0.364. The van der Waals surface area contributed by atoms with Crippen LogP contribution in [0.15, 0.2) is 48.5 Å². The minimum absolute atomic E-state index is 0.0136. The second-order valence-electron chi connectivity index (χ2n) is 7.11. The van der Waals surface area contributed by atoms with E-state index < -0.39 is 0 Å². The van der Waals surface area contributed by atoms with E-state index in [1.807, 2.05) is 36.4 Å². The molecule has 0 radical (unpaired) electrons. The number of carbonyl (C=O) groups excluding carboxylic acids is 2. The van der Waals surface area contributed by atoms with Crippen LogP contribution in [0.25, 0.3) is 0 Å². The maximum absolute atomic E-state index is 12.6. The zero-order valence-electron chi connectivity index (χ0n) is 16.1. The standard InChI is InChI=1S/C22H26N2O3/c1-16(2)18-10-8-17(9-11-18)14-21(25)23-12-13-24(22(26)15-23)19-6-4-5-7-20(19)27-3/h4-11,16H,12-15H2,1-3H3. The molecule has 0 spiro atoms. The average Bonchev–Trinajstić information content (AvgIpc) is 2.68. The molecule has 1 saturated heterocycles. The molecule has 2 aromatic carbocycles. The number of anilines is 1. The smallest absolute Gasteiger partial charge is 0.246 e. The highest BCUT2D eigenvalue weighted by Gasteiger charge is 2.29. The Labute approximate surface area is 160 Å². The van der Waals surface area contributed by atoms with Crippen LogP contribution < -0.4 is 9.64 Å². The predicted molar refractivity (Wildman–Crippen MR) is 106 cm³/mol. The third kappa shape index (κ3) is 4.30. The molecule has 0 atom stereocenters. The van der Waals surface area contributed by atoms with Gasteiger partial charge in [-0.3, -0.25) is 9.59 Å². The van der Waals surface area contributed by atoms with Crippen LogP contribution in [0, 0.1) is 0 Å². The lowest BCUT2D eigenvalue weighted by molar-refractivity contribution is -0.136. The van der Waals surface area contributed by atoms with Crippen molar-refractivity contribution >= 4 is 17.5 Å². The van der Waals surface area contributed by atoms with Gasteiger partial charge in [0, 0.05) is 13.1 Å². The Bertz CT molecular complexity index is 815. The van der Waals surface area contributed by atoms with E-state index in [9.17, 15) is 9.59 Å². The average molecular weight is 366 g/mol. The number of para-hydroxylation sites is 2. The van der Waals surface area contributed by atoms with E-state index in [2.05, 4.69) is 26.0 Å². The van der Waals surface area contributed by atoms with Gasteiger partial charge in [-0.25, -0.2) is 0 Å². The van der Waals surface area contributed by atoms with Crippen LogP contribution in [0.2, 0.25) is 0 Å². The normalized spacial score (nSPS) is 14.6. The number of nitrogens with zero attached hydrogens (tertiary/aromatic N) is 2. The summed E-state index contributed by atoms with van der Waals surface area (Å²) in [4.78, 5) is 28.6. The van der Waals surface area contributed by atoms with E-state index in [4.69, 9.17) is 4.74 Å². The summed E-state index contributed by atoms with van der Waals surface area (Å²) >= 11 is 0. The van der Waals surface area contributed by atoms with E-state index in [0.29, 0.717) is 31.2 Å². The molecular formula is C22H26N2O3. The van der Waals surface area contributed by atoms with Gasteiger partial charge < -0.3 is 14.5 Å².